The first-order chi connectivity index (χ1) is 15.6. The fourth-order valence-electron chi connectivity index (χ4n) is 3.84. The molecule has 0 aliphatic rings. The molecule has 0 saturated carbocycles. The summed E-state index contributed by atoms with van der Waals surface area (Å²) in [6, 6.07) is 11.6. The van der Waals surface area contributed by atoms with E-state index in [0.717, 1.165) is 16.3 Å². The van der Waals surface area contributed by atoms with E-state index in [4.69, 9.17) is 9.72 Å². The Morgan fingerprint density at radius 2 is 2.00 bits per heavy atom. The molecule has 4 aromatic heterocycles. The maximum absolute atomic E-state index is 13.4. The van der Waals surface area contributed by atoms with Gasteiger partial charge in [-0.25, -0.2) is 4.98 Å². The fourth-order valence-corrected chi connectivity index (χ4v) is 3.84. The van der Waals surface area contributed by atoms with Crippen molar-refractivity contribution in [1.82, 2.24) is 34.1 Å². The maximum Gasteiger partial charge on any atom is 0.264 e. The number of hydrogen-bond donors (Lipinski definition) is 0. The molecule has 5 rings (SSSR count). The van der Waals surface area contributed by atoms with E-state index in [9.17, 15) is 4.79 Å². The number of hydrogen-bond acceptors (Lipinski definition) is 6. The molecule has 0 radical (unpaired) electrons. The van der Waals surface area contributed by atoms with Gasteiger partial charge in [0.05, 0.1) is 24.9 Å². The van der Waals surface area contributed by atoms with Crippen LogP contribution >= 0.6 is 0 Å². The van der Waals surface area contributed by atoms with Crippen molar-refractivity contribution in [1.29, 1.82) is 0 Å². The van der Waals surface area contributed by atoms with Crippen molar-refractivity contribution < 1.29 is 4.74 Å². The Labute approximate surface area is 183 Å². The lowest BCUT2D eigenvalue weighted by atomic mass is 10.1. The number of pyridine rings is 2. The Bertz CT molecular complexity index is 1480. The first-order valence-electron chi connectivity index (χ1n) is 10.4. The van der Waals surface area contributed by atoms with E-state index in [1.165, 1.54) is 0 Å². The molecule has 0 amide bonds. The molecule has 4 heterocycles. The number of ether oxygens (including phenoxy) is 1. The summed E-state index contributed by atoms with van der Waals surface area (Å²) in [5.41, 5.74) is 1.42. The van der Waals surface area contributed by atoms with E-state index >= 15 is 0 Å². The van der Waals surface area contributed by atoms with Crippen molar-refractivity contribution in [2.45, 2.75) is 26.4 Å². The number of nitrogens with zero attached hydrogens (tertiary/aromatic N) is 7. The SMILES string of the molecule is COCCn1ncc2cc3ccn(-c4cccc(-c5nncn5C(C)C)n4)c(=O)c3cc21. The monoisotopic (exact) mass is 429 g/mol. The molecular formula is C23H23N7O2. The number of methoxy groups -OCH3 is 1. The van der Waals surface area contributed by atoms with Gasteiger partial charge < -0.3 is 9.30 Å². The van der Waals surface area contributed by atoms with Gasteiger partial charge in [0.25, 0.3) is 5.56 Å². The van der Waals surface area contributed by atoms with E-state index in [1.807, 2.05) is 51.8 Å². The van der Waals surface area contributed by atoms with E-state index < -0.39 is 0 Å². The van der Waals surface area contributed by atoms with Crippen molar-refractivity contribution in [3.05, 3.63) is 65.5 Å². The summed E-state index contributed by atoms with van der Waals surface area (Å²) in [5, 5.41) is 15.1. The Morgan fingerprint density at radius 3 is 2.81 bits per heavy atom. The second-order valence-corrected chi connectivity index (χ2v) is 7.89. The largest absolute Gasteiger partial charge is 0.383 e. The smallest absolute Gasteiger partial charge is 0.264 e. The summed E-state index contributed by atoms with van der Waals surface area (Å²) in [6.45, 7) is 5.28. The van der Waals surface area contributed by atoms with Gasteiger partial charge in [0.2, 0.25) is 0 Å². The normalized spacial score (nSPS) is 11.8. The minimum Gasteiger partial charge on any atom is -0.383 e. The minimum atomic E-state index is -0.140. The second kappa shape index (κ2) is 8.01. The third-order valence-corrected chi connectivity index (χ3v) is 5.51. The highest BCUT2D eigenvalue weighted by atomic mass is 16.5. The molecule has 0 aliphatic heterocycles. The van der Waals surface area contributed by atoms with Crippen LogP contribution in [0.2, 0.25) is 0 Å². The zero-order valence-electron chi connectivity index (χ0n) is 18.1. The maximum atomic E-state index is 13.4. The zero-order chi connectivity index (χ0) is 22.2. The van der Waals surface area contributed by atoms with E-state index in [2.05, 4.69) is 29.1 Å². The first-order valence-corrected chi connectivity index (χ1v) is 10.4. The molecule has 0 unspecified atom stereocenters. The summed E-state index contributed by atoms with van der Waals surface area (Å²) in [7, 11) is 1.66. The van der Waals surface area contributed by atoms with Gasteiger partial charge in [0, 0.05) is 30.1 Å². The number of rotatable bonds is 6. The number of benzene rings is 1. The van der Waals surface area contributed by atoms with E-state index in [-0.39, 0.29) is 11.6 Å². The molecule has 0 spiro atoms. The van der Waals surface area contributed by atoms with E-state index in [0.29, 0.717) is 35.9 Å². The van der Waals surface area contributed by atoms with Gasteiger partial charge in [-0.15, -0.1) is 10.2 Å². The number of fused-ring (bicyclic) bond motifs is 2. The van der Waals surface area contributed by atoms with Crippen LogP contribution in [0.25, 0.3) is 39.0 Å². The summed E-state index contributed by atoms with van der Waals surface area (Å²) >= 11 is 0. The van der Waals surface area contributed by atoms with Gasteiger partial charge in [0.15, 0.2) is 5.82 Å². The van der Waals surface area contributed by atoms with Gasteiger partial charge in [-0.2, -0.15) is 5.10 Å². The third kappa shape index (κ3) is 3.36. The molecule has 0 saturated heterocycles. The molecule has 0 fully saturated rings. The van der Waals surface area contributed by atoms with E-state index in [1.54, 1.807) is 24.2 Å². The quantitative estimate of drug-likeness (QED) is 0.411. The summed E-state index contributed by atoms with van der Waals surface area (Å²) < 4.78 is 10.5. The van der Waals surface area contributed by atoms with Crippen LogP contribution in [0.3, 0.4) is 0 Å². The fraction of sp³-hybridized carbons (Fsp3) is 0.261. The van der Waals surface area contributed by atoms with Crippen LogP contribution < -0.4 is 5.56 Å². The summed E-state index contributed by atoms with van der Waals surface area (Å²) in [4.78, 5) is 18.1. The molecule has 0 N–H and O–H groups in total. The molecule has 5 aromatic rings. The van der Waals surface area contributed by atoms with Crippen molar-refractivity contribution in [2.24, 2.45) is 0 Å². The zero-order valence-corrected chi connectivity index (χ0v) is 18.1. The average Bonchev–Trinajstić information content (AvgIpc) is 3.44. The van der Waals surface area contributed by atoms with Gasteiger partial charge >= 0.3 is 0 Å². The topological polar surface area (TPSA) is 92.7 Å². The number of aromatic nitrogens is 7. The third-order valence-electron chi connectivity index (χ3n) is 5.51. The average molecular weight is 429 g/mol. The lowest BCUT2D eigenvalue weighted by molar-refractivity contribution is 0.185. The van der Waals surface area contributed by atoms with Gasteiger partial charge in [0.1, 0.15) is 17.8 Å². The van der Waals surface area contributed by atoms with Crippen LogP contribution in [0.1, 0.15) is 19.9 Å². The standard InChI is InChI=1S/C23H23N7O2/c1-15(2)29-14-24-27-22(29)19-5-4-6-21(26-19)28-8-7-16-11-17-13-25-30(9-10-32-3)20(17)12-18(16)23(28)31/h4-8,11-15H,9-10H2,1-3H3. The van der Waals surface area contributed by atoms with Crippen molar-refractivity contribution in [2.75, 3.05) is 13.7 Å². The molecular weight excluding hydrogens is 406 g/mol. The first kappa shape index (κ1) is 20.1. The second-order valence-electron chi connectivity index (χ2n) is 7.89. The molecule has 9 heteroatoms. The predicted molar refractivity (Wildman–Crippen MR) is 122 cm³/mol. The molecule has 0 aliphatic carbocycles. The van der Waals surface area contributed by atoms with Crippen molar-refractivity contribution in [3.63, 3.8) is 0 Å². The van der Waals surface area contributed by atoms with Gasteiger partial charge in [-0.05, 0) is 49.6 Å². The Kier molecular flexibility index (Phi) is 5.02. The highest BCUT2D eigenvalue weighted by Gasteiger charge is 2.14. The lowest BCUT2D eigenvalue weighted by Gasteiger charge is -2.11. The summed E-state index contributed by atoms with van der Waals surface area (Å²) in [5.74, 6) is 1.19. The van der Waals surface area contributed by atoms with Crippen LogP contribution in [0.5, 0.6) is 0 Å². The van der Waals surface area contributed by atoms with Crippen LogP contribution in [0, 0.1) is 0 Å². The van der Waals surface area contributed by atoms with Crippen LogP contribution in [0.4, 0.5) is 0 Å². The van der Waals surface area contributed by atoms with Crippen LogP contribution in [-0.4, -0.2) is 47.8 Å². The molecule has 0 bridgehead atoms. The van der Waals surface area contributed by atoms with Crippen molar-refractivity contribution in [3.8, 4) is 17.3 Å². The molecule has 32 heavy (non-hydrogen) atoms. The highest BCUT2D eigenvalue weighted by Crippen LogP contribution is 2.22. The van der Waals surface area contributed by atoms with Crippen molar-refractivity contribution >= 4 is 21.7 Å². The Hall–Kier alpha value is -3.85. The molecule has 9 nitrogen and oxygen atoms in total. The van der Waals surface area contributed by atoms with Crippen LogP contribution in [0.15, 0.2) is 59.9 Å². The van der Waals surface area contributed by atoms with Gasteiger partial charge in [-0.3, -0.25) is 14.0 Å². The predicted octanol–water partition coefficient (Wildman–Crippen LogP) is 3.22. The Morgan fingerprint density at radius 1 is 1.12 bits per heavy atom. The summed E-state index contributed by atoms with van der Waals surface area (Å²) in [6.07, 6.45) is 5.26. The van der Waals surface area contributed by atoms with Crippen LogP contribution in [-0.2, 0) is 11.3 Å². The molecule has 162 valence electrons. The highest BCUT2D eigenvalue weighted by molar-refractivity contribution is 5.96. The minimum absolute atomic E-state index is 0.140. The Balaban J connectivity index is 1.63. The molecule has 0 atom stereocenters. The molecule has 1 aromatic carbocycles. The lowest BCUT2D eigenvalue weighted by Crippen LogP contribution is -2.19. The van der Waals surface area contributed by atoms with Gasteiger partial charge in [-0.1, -0.05) is 6.07 Å².